The first kappa shape index (κ1) is 18.3. The number of carbonyl (C=O) groups excluding carboxylic acids is 2. The summed E-state index contributed by atoms with van der Waals surface area (Å²) >= 11 is 1.43. The summed E-state index contributed by atoms with van der Waals surface area (Å²) < 4.78 is 21.0. The molecule has 0 bridgehead atoms. The van der Waals surface area contributed by atoms with Gasteiger partial charge in [-0.3, -0.25) is 9.59 Å². The number of ether oxygens (including phenoxy) is 4. The number of hydrogen-bond donors (Lipinski definition) is 0. The van der Waals surface area contributed by atoms with Crippen LogP contribution in [-0.2, 0) is 14.3 Å². The second-order valence-corrected chi connectivity index (χ2v) is 6.01. The average Bonchev–Trinajstić information content (AvgIpc) is 2.94. The molecule has 1 fully saturated rings. The lowest BCUT2D eigenvalue weighted by atomic mass is 10.1. The van der Waals surface area contributed by atoms with Gasteiger partial charge in [0, 0.05) is 11.6 Å². The normalized spacial score (nSPS) is 16.9. The third kappa shape index (κ3) is 3.69. The third-order valence-electron chi connectivity index (χ3n) is 3.57. The number of benzene rings is 1. The fraction of sp³-hybridized carbons (Fsp3) is 0.500. The zero-order chi connectivity index (χ0) is 17.7. The fourth-order valence-electron chi connectivity index (χ4n) is 2.47. The van der Waals surface area contributed by atoms with Crippen LogP contribution in [-0.4, -0.2) is 57.0 Å². The third-order valence-corrected chi connectivity index (χ3v) is 4.81. The van der Waals surface area contributed by atoms with Gasteiger partial charge in [-0.25, -0.2) is 0 Å². The van der Waals surface area contributed by atoms with Crippen LogP contribution in [0.1, 0.15) is 17.9 Å². The SMILES string of the molecule is CCOC(=O)CN1C(=O)CSC1c1cc(OC)c(OC)cc1OC. The summed E-state index contributed by atoms with van der Waals surface area (Å²) in [7, 11) is 4.62. The lowest BCUT2D eigenvalue weighted by Gasteiger charge is -2.25. The van der Waals surface area contributed by atoms with Gasteiger partial charge in [0.1, 0.15) is 17.7 Å². The highest BCUT2D eigenvalue weighted by Crippen LogP contribution is 2.46. The number of thioether (sulfide) groups is 1. The largest absolute Gasteiger partial charge is 0.496 e. The minimum Gasteiger partial charge on any atom is -0.496 e. The van der Waals surface area contributed by atoms with E-state index in [0.717, 1.165) is 5.56 Å². The summed E-state index contributed by atoms with van der Waals surface area (Å²) in [5, 5.41) is -0.350. The van der Waals surface area contributed by atoms with Crippen LogP contribution in [0.3, 0.4) is 0 Å². The Kier molecular flexibility index (Phi) is 6.19. The molecule has 1 aromatic rings. The van der Waals surface area contributed by atoms with Gasteiger partial charge in [0.15, 0.2) is 11.5 Å². The Morgan fingerprint density at radius 3 is 2.38 bits per heavy atom. The summed E-state index contributed by atoms with van der Waals surface area (Å²) in [6, 6.07) is 3.48. The Labute approximate surface area is 145 Å². The molecule has 1 heterocycles. The van der Waals surface area contributed by atoms with E-state index in [1.807, 2.05) is 0 Å². The van der Waals surface area contributed by atoms with Crippen LogP contribution in [0.2, 0.25) is 0 Å². The molecule has 0 N–H and O–H groups in total. The van der Waals surface area contributed by atoms with E-state index in [-0.39, 0.29) is 24.4 Å². The fourth-order valence-corrected chi connectivity index (χ4v) is 3.68. The van der Waals surface area contributed by atoms with Gasteiger partial charge in [0.25, 0.3) is 0 Å². The van der Waals surface area contributed by atoms with Crippen molar-refractivity contribution < 1.29 is 28.5 Å². The van der Waals surface area contributed by atoms with Crippen LogP contribution in [0.4, 0.5) is 0 Å². The lowest BCUT2D eigenvalue weighted by Crippen LogP contribution is -2.34. The number of carbonyl (C=O) groups is 2. The Morgan fingerprint density at radius 1 is 1.17 bits per heavy atom. The molecule has 1 unspecified atom stereocenters. The first-order chi connectivity index (χ1) is 11.5. The van der Waals surface area contributed by atoms with Gasteiger partial charge in [-0.2, -0.15) is 0 Å². The van der Waals surface area contributed by atoms with Gasteiger partial charge in [-0.15, -0.1) is 11.8 Å². The van der Waals surface area contributed by atoms with Crippen molar-refractivity contribution in [2.45, 2.75) is 12.3 Å². The van der Waals surface area contributed by atoms with Gasteiger partial charge in [0.2, 0.25) is 5.91 Å². The lowest BCUT2D eigenvalue weighted by molar-refractivity contribution is -0.148. The maximum Gasteiger partial charge on any atom is 0.325 e. The number of amides is 1. The van der Waals surface area contributed by atoms with E-state index in [1.165, 1.54) is 30.9 Å². The zero-order valence-corrected chi connectivity index (χ0v) is 15.0. The highest BCUT2D eigenvalue weighted by atomic mass is 32.2. The number of esters is 1. The quantitative estimate of drug-likeness (QED) is 0.691. The molecule has 1 aromatic carbocycles. The molecular weight excluding hydrogens is 334 g/mol. The Morgan fingerprint density at radius 2 is 1.79 bits per heavy atom. The van der Waals surface area contributed by atoms with Crippen molar-refractivity contribution in [2.24, 2.45) is 0 Å². The number of nitrogens with zero attached hydrogens (tertiary/aromatic N) is 1. The first-order valence-corrected chi connectivity index (χ1v) is 8.47. The summed E-state index contributed by atoms with van der Waals surface area (Å²) in [5.41, 5.74) is 0.746. The standard InChI is InChI=1S/C16H21NO6S/c1-5-23-15(19)8-17-14(18)9-24-16(17)10-6-12(21-3)13(22-4)7-11(10)20-2/h6-7,16H,5,8-9H2,1-4H3. The van der Waals surface area contributed by atoms with E-state index < -0.39 is 5.97 Å². The van der Waals surface area contributed by atoms with Crippen molar-refractivity contribution in [3.63, 3.8) is 0 Å². The molecule has 0 spiro atoms. The number of methoxy groups -OCH3 is 3. The molecule has 0 saturated carbocycles. The number of hydrogen-bond acceptors (Lipinski definition) is 7. The van der Waals surface area contributed by atoms with Crippen molar-refractivity contribution in [3.8, 4) is 17.2 Å². The van der Waals surface area contributed by atoms with Gasteiger partial charge in [-0.05, 0) is 13.0 Å². The minimum absolute atomic E-state index is 0.0954. The van der Waals surface area contributed by atoms with Crippen molar-refractivity contribution >= 4 is 23.6 Å². The summed E-state index contributed by atoms with van der Waals surface area (Å²) in [5.74, 6) is 1.37. The Balaban J connectivity index is 2.37. The van der Waals surface area contributed by atoms with E-state index in [2.05, 4.69) is 0 Å². The molecule has 0 radical (unpaired) electrons. The van der Waals surface area contributed by atoms with Crippen LogP contribution in [0.25, 0.3) is 0 Å². The van der Waals surface area contributed by atoms with Gasteiger partial charge < -0.3 is 23.8 Å². The Hall–Kier alpha value is -2.09. The monoisotopic (exact) mass is 355 g/mol. The van der Waals surface area contributed by atoms with E-state index in [0.29, 0.717) is 23.0 Å². The van der Waals surface area contributed by atoms with Crippen molar-refractivity contribution in [1.82, 2.24) is 4.90 Å². The highest BCUT2D eigenvalue weighted by molar-refractivity contribution is 8.00. The van der Waals surface area contributed by atoms with E-state index in [4.69, 9.17) is 18.9 Å². The molecule has 1 atom stereocenters. The zero-order valence-electron chi connectivity index (χ0n) is 14.2. The smallest absolute Gasteiger partial charge is 0.325 e. The molecule has 2 rings (SSSR count). The molecule has 8 heteroatoms. The maximum atomic E-state index is 12.2. The van der Waals surface area contributed by atoms with Gasteiger partial charge in [0.05, 0.1) is 33.7 Å². The molecule has 0 aromatic heterocycles. The van der Waals surface area contributed by atoms with Gasteiger partial charge >= 0.3 is 5.97 Å². The molecule has 1 aliphatic rings. The predicted octanol–water partition coefficient (Wildman–Crippen LogP) is 1.85. The van der Waals surface area contributed by atoms with E-state index >= 15 is 0 Å². The molecular formula is C16H21NO6S. The van der Waals surface area contributed by atoms with Crippen LogP contribution in [0.15, 0.2) is 12.1 Å². The molecule has 1 amide bonds. The van der Waals surface area contributed by atoms with E-state index in [1.54, 1.807) is 26.2 Å². The highest BCUT2D eigenvalue weighted by Gasteiger charge is 2.36. The van der Waals surface area contributed by atoms with Crippen LogP contribution >= 0.6 is 11.8 Å². The summed E-state index contributed by atoms with van der Waals surface area (Å²) in [6.07, 6.45) is 0. The maximum absolute atomic E-state index is 12.2. The molecule has 1 aliphatic heterocycles. The average molecular weight is 355 g/mol. The van der Waals surface area contributed by atoms with Crippen LogP contribution in [0.5, 0.6) is 17.2 Å². The predicted molar refractivity (Wildman–Crippen MR) is 89.6 cm³/mol. The van der Waals surface area contributed by atoms with Crippen LogP contribution in [0, 0.1) is 0 Å². The number of rotatable bonds is 7. The molecule has 0 aliphatic carbocycles. The molecule has 1 saturated heterocycles. The topological polar surface area (TPSA) is 74.3 Å². The second-order valence-electron chi connectivity index (χ2n) is 4.94. The Bertz CT molecular complexity index is 621. The van der Waals surface area contributed by atoms with Crippen molar-refractivity contribution in [2.75, 3.05) is 40.2 Å². The molecule has 24 heavy (non-hydrogen) atoms. The molecule has 7 nitrogen and oxygen atoms in total. The first-order valence-electron chi connectivity index (χ1n) is 7.42. The minimum atomic E-state index is -0.433. The van der Waals surface area contributed by atoms with Crippen molar-refractivity contribution in [3.05, 3.63) is 17.7 Å². The second kappa shape index (κ2) is 8.14. The van der Waals surface area contributed by atoms with Gasteiger partial charge in [-0.1, -0.05) is 0 Å². The van der Waals surface area contributed by atoms with Crippen molar-refractivity contribution in [1.29, 1.82) is 0 Å². The molecule has 132 valence electrons. The summed E-state index contributed by atoms with van der Waals surface area (Å²) in [4.78, 5) is 25.5. The van der Waals surface area contributed by atoms with Crippen LogP contribution < -0.4 is 14.2 Å². The van der Waals surface area contributed by atoms with E-state index in [9.17, 15) is 9.59 Å². The summed E-state index contributed by atoms with van der Waals surface area (Å²) in [6.45, 7) is 1.91.